The van der Waals surface area contributed by atoms with Crippen molar-refractivity contribution in [2.75, 3.05) is 25.1 Å². The number of anilines is 1. The normalized spacial score (nSPS) is 23.4. The van der Waals surface area contributed by atoms with E-state index >= 15 is 0 Å². The molecule has 0 spiro atoms. The van der Waals surface area contributed by atoms with Crippen molar-refractivity contribution in [1.82, 2.24) is 0 Å². The van der Waals surface area contributed by atoms with Crippen LogP contribution in [0.1, 0.15) is 16.7 Å². The number of para-hydroxylation sites is 1. The summed E-state index contributed by atoms with van der Waals surface area (Å²) < 4.78 is 12.0. The summed E-state index contributed by atoms with van der Waals surface area (Å²) in [5.74, 6) is 0. The van der Waals surface area contributed by atoms with Gasteiger partial charge in [0.05, 0.1) is 31.3 Å². The van der Waals surface area contributed by atoms with Crippen molar-refractivity contribution in [3.05, 3.63) is 102 Å². The van der Waals surface area contributed by atoms with Crippen molar-refractivity contribution in [2.45, 2.75) is 17.6 Å². The molecule has 2 unspecified atom stereocenters. The molecule has 0 aromatic heterocycles. The molecule has 1 saturated heterocycles. The van der Waals surface area contributed by atoms with Crippen molar-refractivity contribution < 1.29 is 9.47 Å². The van der Waals surface area contributed by atoms with Crippen LogP contribution in [-0.4, -0.2) is 32.0 Å². The van der Waals surface area contributed by atoms with Crippen molar-refractivity contribution in [3.63, 3.8) is 0 Å². The lowest BCUT2D eigenvalue weighted by Crippen LogP contribution is -2.52. The van der Waals surface area contributed by atoms with Gasteiger partial charge in [0.2, 0.25) is 0 Å². The average Bonchev–Trinajstić information content (AvgIpc) is 3.12. The van der Waals surface area contributed by atoms with E-state index in [9.17, 15) is 0 Å². The van der Waals surface area contributed by atoms with Crippen LogP contribution in [0.15, 0.2) is 84.9 Å². The van der Waals surface area contributed by atoms with Gasteiger partial charge in [-0.1, -0.05) is 78.9 Å². The van der Waals surface area contributed by atoms with Crippen LogP contribution >= 0.6 is 0 Å². The maximum absolute atomic E-state index is 6.20. The first-order chi connectivity index (χ1) is 13.4. The number of rotatable bonds is 3. The molecule has 2 aliphatic rings. The van der Waals surface area contributed by atoms with Gasteiger partial charge in [-0.3, -0.25) is 0 Å². The first-order valence-electron chi connectivity index (χ1n) is 9.57. The van der Waals surface area contributed by atoms with E-state index < -0.39 is 0 Å². The van der Waals surface area contributed by atoms with Crippen LogP contribution in [0.25, 0.3) is 0 Å². The SMILES string of the molecule is c1ccc(C2(c3ccccc3)c3ccccc3NC2C2COCCO2)cc1. The van der Waals surface area contributed by atoms with Crippen LogP contribution in [0.3, 0.4) is 0 Å². The van der Waals surface area contributed by atoms with Crippen LogP contribution in [0.4, 0.5) is 5.69 Å². The standard InChI is InChI=1S/C24H23NO2/c1-3-9-18(10-4-1)24(19-11-5-2-6-12-19)20-13-7-8-14-21(20)25-23(24)22-17-26-15-16-27-22/h1-14,22-23,25H,15-17H2. The zero-order valence-corrected chi connectivity index (χ0v) is 15.2. The van der Waals surface area contributed by atoms with Crippen LogP contribution in [0, 0.1) is 0 Å². The fourth-order valence-corrected chi connectivity index (χ4v) is 4.71. The topological polar surface area (TPSA) is 30.5 Å². The molecule has 3 aromatic carbocycles. The molecule has 1 N–H and O–H groups in total. The molecule has 0 bridgehead atoms. The van der Waals surface area contributed by atoms with Gasteiger partial charge in [-0.15, -0.1) is 0 Å². The van der Waals surface area contributed by atoms with Gasteiger partial charge in [0.15, 0.2) is 0 Å². The molecule has 27 heavy (non-hydrogen) atoms. The number of hydrogen-bond acceptors (Lipinski definition) is 3. The van der Waals surface area contributed by atoms with Crippen molar-refractivity contribution >= 4 is 5.69 Å². The number of benzene rings is 3. The summed E-state index contributed by atoms with van der Waals surface area (Å²) in [6.45, 7) is 1.91. The molecule has 1 fully saturated rings. The Hall–Kier alpha value is -2.62. The summed E-state index contributed by atoms with van der Waals surface area (Å²) in [6.07, 6.45) is -0.0217. The summed E-state index contributed by atoms with van der Waals surface area (Å²) in [5.41, 5.74) is 4.68. The molecular formula is C24H23NO2. The van der Waals surface area contributed by atoms with Crippen LogP contribution < -0.4 is 5.32 Å². The molecule has 0 amide bonds. The number of fused-ring (bicyclic) bond motifs is 1. The second kappa shape index (κ2) is 6.84. The Morgan fingerprint density at radius 3 is 2.00 bits per heavy atom. The molecule has 2 aliphatic heterocycles. The summed E-state index contributed by atoms with van der Waals surface area (Å²) in [7, 11) is 0. The third kappa shape index (κ3) is 2.58. The van der Waals surface area contributed by atoms with E-state index in [1.54, 1.807) is 0 Å². The highest BCUT2D eigenvalue weighted by Crippen LogP contribution is 2.51. The molecule has 0 aliphatic carbocycles. The molecule has 3 aromatic rings. The minimum Gasteiger partial charge on any atom is -0.378 e. The van der Waals surface area contributed by atoms with Crippen molar-refractivity contribution in [3.8, 4) is 0 Å². The lowest BCUT2D eigenvalue weighted by molar-refractivity contribution is -0.0981. The average molecular weight is 357 g/mol. The molecule has 136 valence electrons. The highest BCUT2D eigenvalue weighted by Gasteiger charge is 2.53. The molecule has 0 saturated carbocycles. The summed E-state index contributed by atoms with van der Waals surface area (Å²) in [6, 6.07) is 30.2. The molecule has 2 heterocycles. The summed E-state index contributed by atoms with van der Waals surface area (Å²) in [4.78, 5) is 0. The van der Waals surface area contributed by atoms with E-state index in [1.807, 2.05) is 0 Å². The van der Waals surface area contributed by atoms with E-state index in [1.165, 1.54) is 22.4 Å². The number of hydrogen-bond donors (Lipinski definition) is 1. The Kier molecular flexibility index (Phi) is 4.19. The van der Waals surface area contributed by atoms with Gasteiger partial charge in [0, 0.05) is 5.69 Å². The van der Waals surface area contributed by atoms with E-state index in [4.69, 9.17) is 9.47 Å². The predicted octanol–water partition coefficient (Wildman–Crippen LogP) is 4.23. The second-order valence-electron chi connectivity index (χ2n) is 7.19. The molecule has 5 rings (SSSR count). The van der Waals surface area contributed by atoms with Gasteiger partial charge in [-0.2, -0.15) is 0 Å². The van der Waals surface area contributed by atoms with E-state index in [2.05, 4.69) is 90.2 Å². The minimum absolute atomic E-state index is 0.0217. The largest absolute Gasteiger partial charge is 0.378 e. The van der Waals surface area contributed by atoms with Gasteiger partial charge in [-0.25, -0.2) is 0 Å². The van der Waals surface area contributed by atoms with Crippen molar-refractivity contribution in [1.29, 1.82) is 0 Å². The van der Waals surface area contributed by atoms with Gasteiger partial charge in [-0.05, 0) is 22.8 Å². The Bertz CT molecular complexity index is 864. The molecule has 3 heteroatoms. The van der Waals surface area contributed by atoms with Crippen LogP contribution in [0.5, 0.6) is 0 Å². The predicted molar refractivity (Wildman–Crippen MR) is 107 cm³/mol. The summed E-state index contributed by atoms with van der Waals surface area (Å²) in [5, 5.41) is 3.79. The van der Waals surface area contributed by atoms with E-state index in [0.29, 0.717) is 19.8 Å². The van der Waals surface area contributed by atoms with E-state index in [-0.39, 0.29) is 17.6 Å². The first kappa shape index (κ1) is 16.5. The number of nitrogens with one attached hydrogen (secondary N) is 1. The highest BCUT2D eigenvalue weighted by atomic mass is 16.6. The number of ether oxygens (including phenoxy) is 2. The van der Waals surface area contributed by atoms with Crippen LogP contribution in [-0.2, 0) is 14.9 Å². The smallest absolute Gasteiger partial charge is 0.102 e. The summed E-state index contributed by atoms with van der Waals surface area (Å²) >= 11 is 0. The Morgan fingerprint density at radius 2 is 1.37 bits per heavy atom. The lowest BCUT2D eigenvalue weighted by atomic mass is 9.65. The molecule has 3 nitrogen and oxygen atoms in total. The Labute approximate surface area is 160 Å². The highest BCUT2D eigenvalue weighted by molar-refractivity contribution is 5.71. The quantitative estimate of drug-likeness (QED) is 0.761. The Balaban J connectivity index is 1.79. The van der Waals surface area contributed by atoms with E-state index in [0.717, 1.165) is 0 Å². The van der Waals surface area contributed by atoms with Crippen LogP contribution in [0.2, 0.25) is 0 Å². The first-order valence-corrected chi connectivity index (χ1v) is 9.57. The monoisotopic (exact) mass is 357 g/mol. The lowest BCUT2D eigenvalue weighted by Gasteiger charge is -2.42. The van der Waals surface area contributed by atoms with Gasteiger partial charge < -0.3 is 14.8 Å². The zero-order valence-electron chi connectivity index (χ0n) is 15.2. The fraction of sp³-hybridized carbons (Fsp3) is 0.250. The minimum atomic E-state index is -0.329. The molecular weight excluding hydrogens is 334 g/mol. The van der Waals surface area contributed by atoms with Crippen molar-refractivity contribution in [2.24, 2.45) is 0 Å². The third-order valence-corrected chi connectivity index (χ3v) is 5.80. The van der Waals surface area contributed by atoms with Gasteiger partial charge >= 0.3 is 0 Å². The molecule has 0 radical (unpaired) electrons. The van der Waals surface area contributed by atoms with Gasteiger partial charge in [0.1, 0.15) is 6.10 Å². The maximum atomic E-state index is 6.20. The van der Waals surface area contributed by atoms with Gasteiger partial charge in [0.25, 0.3) is 0 Å². The third-order valence-electron chi connectivity index (χ3n) is 5.80. The molecule has 2 atom stereocenters. The Morgan fingerprint density at radius 1 is 0.741 bits per heavy atom. The second-order valence-corrected chi connectivity index (χ2v) is 7.19. The fourth-order valence-electron chi connectivity index (χ4n) is 4.71. The maximum Gasteiger partial charge on any atom is 0.102 e. The zero-order chi connectivity index (χ0) is 18.1.